The van der Waals surface area contributed by atoms with Crippen LogP contribution in [0.3, 0.4) is 0 Å². The summed E-state index contributed by atoms with van der Waals surface area (Å²) in [5, 5.41) is 3.43. The van der Waals surface area contributed by atoms with Gasteiger partial charge in [-0.3, -0.25) is 14.5 Å². The summed E-state index contributed by atoms with van der Waals surface area (Å²) < 4.78 is 5.61. The van der Waals surface area contributed by atoms with Crippen LogP contribution in [0.15, 0.2) is 69.9 Å². The molecule has 0 bridgehead atoms. The van der Waals surface area contributed by atoms with E-state index in [2.05, 4.69) is 34.5 Å². The van der Waals surface area contributed by atoms with E-state index in [1.165, 1.54) is 11.6 Å². The van der Waals surface area contributed by atoms with Crippen LogP contribution >= 0.6 is 0 Å². The lowest BCUT2D eigenvalue weighted by Gasteiger charge is -2.32. The van der Waals surface area contributed by atoms with Crippen LogP contribution in [0.4, 0.5) is 0 Å². The Morgan fingerprint density at radius 2 is 1.75 bits per heavy atom. The highest BCUT2D eigenvalue weighted by atomic mass is 16.3. The first-order chi connectivity index (χ1) is 13.7. The van der Waals surface area contributed by atoms with E-state index in [0.29, 0.717) is 23.4 Å². The average molecular weight is 376 g/mol. The largest absolute Gasteiger partial charge is 0.451 e. The number of likely N-dealkylation sites (tertiary alicyclic amines) is 1. The van der Waals surface area contributed by atoms with Gasteiger partial charge >= 0.3 is 0 Å². The Hall–Kier alpha value is -2.92. The predicted octanol–water partition coefficient (Wildman–Crippen LogP) is 3.44. The molecule has 1 amide bonds. The van der Waals surface area contributed by atoms with E-state index in [1.54, 1.807) is 24.3 Å². The van der Waals surface area contributed by atoms with Gasteiger partial charge in [0.2, 0.25) is 0 Å². The number of nitrogens with zero attached hydrogens (tertiary/aromatic N) is 1. The minimum absolute atomic E-state index is 0.0743. The molecule has 0 radical (unpaired) electrons. The van der Waals surface area contributed by atoms with E-state index in [0.717, 1.165) is 32.5 Å². The van der Waals surface area contributed by atoms with Crippen molar-refractivity contribution in [1.82, 2.24) is 10.2 Å². The molecule has 3 aromatic rings. The summed E-state index contributed by atoms with van der Waals surface area (Å²) in [6.45, 7) is 3.64. The van der Waals surface area contributed by atoms with E-state index in [4.69, 9.17) is 4.42 Å². The number of carbonyl (C=O) groups is 1. The second-order valence-corrected chi connectivity index (χ2v) is 7.39. The van der Waals surface area contributed by atoms with Gasteiger partial charge in [-0.1, -0.05) is 42.5 Å². The van der Waals surface area contributed by atoms with Gasteiger partial charge in [0.25, 0.3) is 5.91 Å². The molecule has 1 aliphatic heterocycles. The Labute approximate surface area is 164 Å². The van der Waals surface area contributed by atoms with E-state index in [1.807, 2.05) is 6.07 Å². The molecule has 28 heavy (non-hydrogen) atoms. The Morgan fingerprint density at radius 1 is 1.04 bits per heavy atom. The number of hydrogen-bond donors (Lipinski definition) is 1. The zero-order chi connectivity index (χ0) is 19.3. The van der Waals surface area contributed by atoms with Crippen LogP contribution in [0.5, 0.6) is 0 Å². The van der Waals surface area contributed by atoms with E-state index < -0.39 is 0 Å². The van der Waals surface area contributed by atoms with Gasteiger partial charge in [0, 0.05) is 19.2 Å². The van der Waals surface area contributed by atoms with Crippen molar-refractivity contribution in [2.75, 3.05) is 19.6 Å². The van der Waals surface area contributed by atoms with Gasteiger partial charge in [-0.2, -0.15) is 0 Å². The highest BCUT2D eigenvalue weighted by Crippen LogP contribution is 2.19. The molecule has 2 aromatic carbocycles. The quantitative estimate of drug-likeness (QED) is 0.741. The Morgan fingerprint density at radius 3 is 2.54 bits per heavy atom. The van der Waals surface area contributed by atoms with Crippen molar-refractivity contribution >= 4 is 16.9 Å². The second kappa shape index (κ2) is 8.40. The zero-order valence-electron chi connectivity index (χ0n) is 15.8. The van der Waals surface area contributed by atoms with Crippen molar-refractivity contribution < 1.29 is 9.21 Å². The summed E-state index contributed by atoms with van der Waals surface area (Å²) >= 11 is 0. The summed E-state index contributed by atoms with van der Waals surface area (Å²) in [4.78, 5) is 27.0. The minimum Gasteiger partial charge on any atom is -0.451 e. The maximum absolute atomic E-state index is 12.4. The molecule has 1 aliphatic rings. The van der Waals surface area contributed by atoms with Crippen LogP contribution in [-0.2, 0) is 6.54 Å². The topological polar surface area (TPSA) is 62.6 Å². The van der Waals surface area contributed by atoms with Gasteiger partial charge in [0.05, 0.1) is 5.39 Å². The van der Waals surface area contributed by atoms with Crippen molar-refractivity contribution in [2.24, 2.45) is 5.92 Å². The Balaban J connectivity index is 1.29. The molecular weight excluding hydrogens is 352 g/mol. The number of benzene rings is 2. The van der Waals surface area contributed by atoms with Crippen LogP contribution < -0.4 is 10.7 Å². The van der Waals surface area contributed by atoms with Gasteiger partial charge in [-0.25, -0.2) is 0 Å². The number of rotatable bonds is 5. The number of fused-ring (bicyclic) bond motifs is 1. The van der Waals surface area contributed by atoms with E-state index >= 15 is 0 Å². The number of piperidine rings is 1. The standard InChI is InChI=1S/C23H24N2O3/c26-20-14-22(28-21-9-5-4-8-19(20)21)23(27)24-15-17-10-12-25(13-11-17)16-18-6-2-1-3-7-18/h1-9,14,17H,10-13,15-16H2,(H,24,27). The first kappa shape index (κ1) is 18.4. The monoisotopic (exact) mass is 376 g/mol. The maximum atomic E-state index is 12.4. The van der Waals surface area contributed by atoms with Gasteiger partial charge < -0.3 is 9.73 Å². The van der Waals surface area contributed by atoms with E-state index in [-0.39, 0.29) is 17.1 Å². The van der Waals surface area contributed by atoms with Gasteiger partial charge in [0.1, 0.15) is 5.58 Å². The molecule has 0 aliphatic carbocycles. The third kappa shape index (κ3) is 4.31. The van der Waals surface area contributed by atoms with Crippen LogP contribution in [0.25, 0.3) is 11.0 Å². The SMILES string of the molecule is O=C(NCC1CCN(Cc2ccccc2)CC1)c1cc(=O)c2ccccc2o1. The third-order valence-electron chi connectivity index (χ3n) is 5.37. The van der Waals surface area contributed by atoms with Crippen LogP contribution in [0.1, 0.15) is 29.0 Å². The van der Waals surface area contributed by atoms with Crippen LogP contribution in [0.2, 0.25) is 0 Å². The van der Waals surface area contributed by atoms with Crippen molar-refractivity contribution in [1.29, 1.82) is 0 Å². The Bertz CT molecular complexity index is 1010. The number of nitrogens with one attached hydrogen (secondary N) is 1. The predicted molar refractivity (Wildman–Crippen MR) is 109 cm³/mol. The molecule has 144 valence electrons. The lowest BCUT2D eigenvalue weighted by atomic mass is 9.96. The molecule has 5 heteroatoms. The fraction of sp³-hybridized carbons (Fsp3) is 0.304. The normalized spacial score (nSPS) is 15.6. The molecule has 0 atom stereocenters. The number of carbonyl (C=O) groups excluding carboxylic acids is 1. The highest BCUT2D eigenvalue weighted by Gasteiger charge is 2.20. The van der Waals surface area contributed by atoms with Gasteiger partial charge in [0.15, 0.2) is 11.2 Å². The lowest BCUT2D eigenvalue weighted by molar-refractivity contribution is 0.0908. The number of hydrogen-bond acceptors (Lipinski definition) is 4. The summed E-state index contributed by atoms with van der Waals surface area (Å²) in [5.74, 6) is 0.197. The third-order valence-corrected chi connectivity index (χ3v) is 5.37. The Kier molecular flexibility index (Phi) is 5.53. The van der Waals surface area contributed by atoms with Crippen molar-refractivity contribution in [3.05, 3.63) is 82.2 Å². The van der Waals surface area contributed by atoms with Gasteiger partial charge in [-0.05, 0) is 49.5 Å². The molecule has 1 fully saturated rings. The maximum Gasteiger partial charge on any atom is 0.287 e. The van der Waals surface area contributed by atoms with Gasteiger partial charge in [-0.15, -0.1) is 0 Å². The highest BCUT2D eigenvalue weighted by molar-refractivity contribution is 5.93. The first-order valence-electron chi connectivity index (χ1n) is 9.76. The molecule has 2 heterocycles. The van der Waals surface area contributed by atoms with Crippen molar-refractivity contribution in [2.45, 2.75) is 19.4 Å². The minimum atomic E-state index is -0.324. The molecule has 4 rings (SSSR count). The molecule has 1 saturated heterocycles. The fourth-order valence-corrected chi connectivity index (χ4v) is 3.73. The molecule has 0 spiro atoms. The average Bonchev–Trinajstić information content (AvgIpc) is 2.74. The second-order valence-electron chi connectivity index (χ2n) is 7.39. The summed E-state index contributed by atoms with van der Waals surface area (Å²) in [5.41, 5.74) is 1.58. The molecular formula is C23H24N2O3. The van der Waals surface area contributed by atoms with Crippen molar-refractivity contribution in [3.63, 3.8) is 0 Å². The summed E-state index contributed by atoms with van der Waals surface area (Å²) in [7, 11) is 0. The molecule has 1 N–H and O–H groups in total. The first-order valence-corrected chi connectivity index (χ1v) is 9.76. The summed E-state index contributed by atoms with van der Waals surface area (Å²) in [6, 6.07) is 18.7. The zero-order valence-corrected chi connectivity index (χ0v) is 15.8. The van der Waals surface area contributed by atoms with E-state index in [9.17, 15) is 9.59 Å². The number of amides is 1. The smallest absolute Gasteiger partial charge is 0.287 e. The van der Waals surface area contributed by atoms with Crippen LogP contribution in [0, 0.1) is 5.92 Å². The molecule has 0 unspecified atom stereocenters. The lowest BCUT2D eigenvalue weighted by Crippen LogP contribution is -2.38. The number of para-hydroxylation sites is 1. The molecule has 0 saturated carbocycles. The molecule has 1 aromatic heterocycles. The molecule has 5 nitrogen and oxygen atoms in total. The summed E-state index contributed by atoms with van der Waals surface area (Å²) in [6.07, 6.45) is 2.10. The van der Waals surface area contributed by atoms with Crippen LogP contribution in [-0.4, -0.2) is 30.4 Å². The fourth-order valence-electron chi connectivity index (χ4n) is 3.73. The van der Waals surface area contributed by atoms with Crippen molar-refractivity contribution in [3.8, 4) is 0 Å².